The third-order valence-corrected chi connectivity index (χ3v) is 3.65. The van der Waals surface area contributed by atoms with Gasteiger partial charge in [0.25, 0.3) is 0 Å². The Morgan fingerprint density at radius 2 is 1.83 bits per heavy atom. The second kappa shape index (κ2) is 5.79. The van der Waals surface area contributed by atoms with Crippen LogP contribution in [-0.4, -0.2) is 34.9 Å². The summed E-state index contributed by atoms with van der Waals surface area (Å²) in [4.78, 5) is 8.31. The zero-order valence-electron chi connectivity index (χ0n) is 12.5. The molecule has 1 aromatic carbocycles. The van der Waals surface area contributed by atoms with Gasteiger partial charge in [0, 0.05) is 11.8 Å². The highest BCUT2D eigenvalue weighted by Crippen LogP contribution is 2.39. The van der Waals surface area contributed by atoms with Crippen LogP contribution in [0.1, 0.15) is 12.0 Å². The van der Waals surface area contributed by atoms with Crippen molar-refractivity contribution in [2.45, 2.75) is 18.4 Å². The molecule has 24 heavy (non-hydrogen) atoms. The third-order valence-electron chi connectivity index (χ3n) is 3.65. The molecule has 0 radical (unpaired) electrons. The molecule has 1 aliphatic heterocycles. The van der Waals surface area contributed by atoms with E-state index in [4.69, 9.17) is 4.74 Å². The van der Waals surface area contributed by atoms with Crippen molar-refractivity contribution < 1.29 is 27.9 Å². The van der Waals surface area contributed by atoms with Crippen LogP contribution in [0.4, 0.5) is 13.2 Å². The van der Waals surface area contributed by atoms with Crippen LogP contribution in [0.5, 0.6) is 5.88 Å². The maximum atomic E-state index is 12.7. The van der Waals surface area contributed by atoms with Gasteiger partial charge in [0.15, 0.2) is 0 Å². The molecule has 0 aliphatic carbocycles. The molecule has 0 saturated carbocycles. The summed E-state index contributed by atoms with van der Waals surface area (Å²) in [6, 6.07) is 10.2. The van der Waals surface area contributed by atoms with Crippen molar-refractivity contribution in [2.24, 2.45) is 5.16 Å². The molecular weight excluding hydrogens is 325 g/mol. The molecule has 0 fully saturated rings. The second-order valence-corrected chi connectivity index (χ2v) is 5.23. The van der Waals surface area contributed by atoms with Crippen LogP contribution in [0.2, 0.25) is 0 Å². The first-order chi connectivity index (χ1) is 11.3. The van der Waals surface area contributed by atoms with Gasteiger partial charge in [-0.05, 0) is 23.3 Å². The molecule has 0 saturated heterocycles. The number of aromatic nitrogens is 1. The van der Waals surface area contributed by atoms with E-state index in [9.17, 15) is 18.3 Å². The van der Waals surface area contributed by atoms with Gasteiger partial charge in [-0.2, -0.15) is 13.2 Å². The number of halogens is 3. The molecule has 1 N–H and O–H groups in total. The largest absolute Gasteiger partial charge is 0.481 e. The van der Waals surface area contributed by atoms with Crippen molar-refractivity contribution in [3.8, 4) is 17.0 Å². The smallest absolute Gasteiger partial charge is 0.458 e. The summed E-state index contributed by atoms with van der Waals surface area (Å²) in [5.41, 5.74) is 2.00. The normalized spacial score (nSPS) is 20.5. The topological polar surface area (TPSA) is 63.9 Å². The van der Waals surface area contributed by atoms with Gasteiger partial charge in [-0.3, -0.25) is 0 Å². The van der Waals surface area contributed by atoms with Crippen molar-refractivity contribution in [3.63, 3.8) is 0 Å². The first-order valence-corrected chi connectivity index (χ1v) is 6.98. The van der Waals surface area contributed by atoms with Gasteiger partial charge in [-0.15, -0.1) is 0 Å². The molecule has 126 valence electrons. The van der Waals surface area contributed by atoms with Crippen molar-refractivity contribution in [1.82, 2.24) is 4.98 Å². The zero-order valence-corrected chi connectivity index (χ0v) is 12.5. The number of pyridine rings is 1. The number of oxime groups is 1. The lowest BCUT2D eigenvalue weighted by Crippen LogP contribution is -2.45. The molecular formula is C16H13F3N2O3. The molecule has 0 bridgehead atoms. The molecule has 1 atom stereocenters. The van der Waals surface area contributed by atoms with Gasteiger partial charge in [-0.25, -0.2) is 4.98 Å². The fourth-order valence-corrected chi connectivity index (χ4v) is 2.34. The predicted molar refractivity (Wildman–Crippen MR) is 79.5 cm³/mol. The van der Waals surface area contributed by atoms with E-state index < -0.39 is 18.4 Å². The number of rotatable bonds is 3. The molecule has 1 unspecified atom stereocenters. The summed E-state index contributed by atoms with van der Waals surface area (Å²) in [6.45, 7) is 0. The summed E-state index contributed by atoms with van der Waals surface area (Å²) in [5.74, 6) is -2.83. The van der Waals surface area contributed by atoms with Crippen molar-refractivity contribution in [3.05, 3.63) is 48.2 Å². The first-order valence-electron chi connectivity index (χ1n) is 6.98. The highest BCUT2D eigenvalue weighted by Gasteiger charge is 2.60. The van der Waals surface area contributed by atoms with Crippen LogP contribution < -0.4 is 4.74 Å². The van der Waals surface area contributed by atoms with E-state index in [2.05, 4.69) is 15.0 Å². The number of alkyl halides is 3. The van der Waals surface area contributed by atoms with Gasteiger partial charge in [-0.1, -0.05) is 29.4 Å². The highest BCUT2D eigenvalue weighted by atomic mass is 19.4. The Hall–Kier alpha value is -2.61. The maximum absolute atomic E-state index is 12.7. The lowest BCUT2D eigenvalue weighted by atomic mass is 9.99. The molecule has 0 amide bonds. The standard InChI is InChI=1S/C16H13F3N2O3/c1-23-14-12(3-2-8-20-14)10-4-6-11(7-5-10)13-9-15(22,24-21-13)16(17,18)19/h2-8,22H,9H2,1H3. The number of benzene rings is 1. The fourth-order valence-electron chi connectivity index (χ4n) is 2.34. The SMILES string of the molecule is COc1ncccc1-c1ccc(C2=NOC(O)(C(F)(F)F)C2)cc1. The Morgan fingerprint density at radius 3 is 2.42 bits per heavy atom. The fraction of sp³-hybridized carbons (Fsp3) is 0.250. The van der Waals surface area contributed by atoms with Gasteiger partial charge < -0.3 is 14.7 Å². The maximum Gasteiger partial charge on any atom is 0.458 e. The van der Waals surface area contributed by atoms with E-state index in [0.717, 1.165) is 11.1 Å². The van der Waals surface area contributed by atoms with Crippen LogP contribution in [0.25, 0.3) is 11.1 Å². The summed E-state index contributed by atoms with van der Waals surface area (Å²) in [7, 11) is 1.50. The number of nitrogens with zero attached hydrogens (tertiary/aromatic N) is 2. The van der Waals surface area contributed by atoms with Crippen LogP contribution in [-0.2, 0) is 4.84 Å². The summed E-state index contributed by atoms with van der Waals surface area (Å²) >= 11 is 0. The lowest BCUT2D eigenvalue weighted by Gasteiger charge is -2.22. The monoisotopic (exact) mass is 338 g/mol. The van der Waals surface area contributed by atoms with Crippen LogP contribution in [0.15, 0.2) is 47.8 Å². The second-order valence-electron chi connectivity index (χ2n) is 5.23. The average molecular weight is 338 g/mol. The Labute approximate surface area is 135 Å². The first kappa shape index (κ1) is 16.3. The molecule has 8 heteroatoms. The number of methoxy groups -OCH3 is 1. The van der Waals surface area contributed by atoms with E-state index in [1.165, 1.54) is 7.11 Å². The van der Waals surface area contributed by atoms with Gasteiger partial charge in [0.1, 0.15) is 0 Å². The Balaban J connectivity index is 1.84. The summed E-state index contributed by atoms with van der Waals surface area (Å²) in [5, 5.41) is 12.8. The summed E-state index contributed by atoms with van der Waals surface area (Å²) < 4.78 is 43.4. The molecule has 1 aromatic heterocycles. The van der Waals surface area contributed by atoms with Crippen molar-refractivity contribution >= 4 is 5.71 Å². The molecule has 3 rings (SSSR count). The number of hydrogen-bond donors (Lipinski definition) is 1. The minimum atomic E-state index is -4.92. The number of hydrogen-bond acceptors (Lipinski definition) is 5. The van der Waals surface area contributed by atoms with E-state index in [1.54, 1.807) is 36.5 Å². The van der Waals surface area contributed by atoms with Crippen LogP contribution in [0.3, 0.4) is 0 Å². The molecule has 2 aromatic rings. The van der Waals surface area contributed by atoms with E-state index in [1.807, 2.05) is 6.07 Å². The quantitative estimate of drug-likeness (QED) is 0.934. The highest BCUT2D eigenvalue weighted by molar-refractivity contribution is 6.01. The predicted octanol–water partition coefficient (Wildman–Crippen LogP) is 3.13. The molecule has 2 heterocycles. The minimum Gasteiger partial charge on any atom is -0.481 e. The average Bonchev–Trinajstić information content (AvgIpc) is 2.98. The summed E-state index contributed by atoms with van der Waals surface area (Å²) in [6.07, 6.45) is -4.08. The number of ether oxygens (including phenoxy) is 1. The van der Waals surface area contributed by atoms with Crippen LogP contribution >= 0.6 is 0 Å². The van der Waals surface area contributed by atoms with E-state index >= 15 is 0 Å². The van der Waals surface area contributed by atoms with Crippen molar-refractivity contribution in [1.29, 1.82) is 0 Å². The number of aliphatic hydroxyl groups is 1. The third kappa shape index (κ3) is 2.80. The minimum absolute atomic E-state index is 0.0273. The Kier molecular flexibility index (Phi) is 3.92. The van der Waals surface area contributed by atoms with Gasteiger partial charge in [0.05, 0.1) is 19.2 Å². The Bertz CT molecular complexity index is 775. The Morgan fingerprint density at radius 1 is 1.17 bits per heavy atom. The van der Waals surface area contributed by atoms with E-state index in [-0.39, 0.29) is 5.71 Å². The molecule has 1 aliphatic rings. The van der Waals surface area contributed by atoms with Gasteiger partial charge >= 0.3 is 12.0 Å². The molecule has 5 nitrogen and oxygen atoms in total. The van der Waals surface area contributed by atoms with Crippen LogP contribution in [0, 0.1) is 0 Å². The van der Waals surface area contributed by atoms with Crippen molar-refractivity contribution in [2.75, 3.05) is 7.11 Å². The van der Waals surface area contributed by atoms with Gasteiger partial charge in [0.2, 0.25) is 5.88 Å². The molecule has 0 spiro atoms. The van der Waals surface area contributed by atoms with E-state index in [0.29, 0.717) is 11.4 Å². The zero-order chi connectivity index (χ0) is 17.4. The lowest BCUT2D eigenvalue weighted by molar-refractivity contribution is -0.355.